The van der Waals surface area contributed by atoms with Crippen molar-refractivity contribution in [3.05, 3.63) is 131 Å². The summed E-state index contributed by atoms with van der Waals surface area (Å²) in [6.07, 6.45) is 2.36. The maximum absolute atomic E-state index is 13.6. The minimum atomic E-state index is -3.05. The van der Waals surface area contributed by atoms with Crippen LogP contribution in [0, 0.1) is 6.92 Å². The van der Waals surface area contributed by atoms with Crippen molar-refractivity contribution in [3.8, 4) is 11.1 Å². The fraction of sp³-hybridized carbons (Fsp3) is 0.212. The maximum atomic E-state index is 13.6. The molecule has 0 radical (unpaired) electrons. The van der Waals surface area contributed by atoms with E-state index in [9.17, 15) is 23.8 Å². The third-order valence-corrected chi connectivity index (χ3v) is 9.20. The fourth-order valence-corrected chi connectivity index (χ4v) is 6.57. The van der Waals surface area contributed by atoms with Gasteiger partial charge in [0.1, 0.15) is 11.2 Å². The minimum Gasteiger partial charge on any atom is -0.480 e. The Balaban J connectivity index is 1.93. The minimum absolute atomic E-state index is 0.199. The molecule has 41 heavy (non-hydrogen) atoms. The van der Waals surface area contributed by atoms with Gasteiger partial charge in [0, 0.05) is 5.56 Å². The Kier molecular flexibility index (Phi) is 9.98. The number of aliphatic carboxylic acids is 1. The number of hydrogen-bond donors (Lipinski definition) is 2. The van der Waals surface area contributed by atoms with Crippen molar-refractivity contribution in [3.63, 3.8) is 0 Å². The Morgan fingerprint density at radius 2 is 1.49 bits per heavy atom. The molecule has 4 rings (SSSR count). The van der Waals surface area contributed by atoms with Gasteiger partial charge in [0.05, 0.1) is 0 Å². The largest absolute Gasteiger partial charge is 0.480 e. The van der Waals surface area contributed by atoms with Crippen LogP contribution in [0.25, 0.3) is 11.1 Å². The molecule has 0 aliphatic carbocycles. The van der Waals surface area contributed by atoms with Gasteiger partial charge in [-0.25, -0.2) is 13.9 Å². The highest BCUT2D eigenvalue weighted by Crippen LogP contribution is 2.49. The molecule has 0 spiro atoms. The first-order valence-electron chi connectivity index (χ1n) is 13.2. The molecule has 1 amide bonds. The van der Waals surface area contributed by atoms with Crippen LogP contribution in [0.3, 0.4) is 0 Å². The van der Waals surface area contributed by atoms with E-state index in [1.165, 1.54) is 11.8 Å². The molecule has 210 valence electrons. The number of carboxylic acids is 1. The first-order chi connectivity index (χ1) is 19.8. The molecule has 0 saturated carbocycles. The van der Waals surface area contributed by atoms with Gasteiger partial charge in [-0.2, -0.15) is 11.8 Å². The van der Waals surface area contributed by atoms with Gasteiger partial charge < -0.3 is 10.4 Å². The number of carbonyl (C=O) groups is 2. The van der Waals surface area contributed by atoms with Crippen molar-refractivity contribution in [2.45, 2.75) is 31.0 Å². The summed E-state index contributed by atoms with van der Waals surface area (Å²) in [5.41, 5.74) is 4.48. The van der Waals surface area contributed by atoms with Crippen LogP contribution in [-0.2, 0) is 25.5 Å². The molecule has 6 nitrogen and oxygen atoms in total. The van der Waals surface area contributed by atoms with Gasteiger partial charge in [0.25, 0.3) is 5.91 Å². The number of hydrogen-bond acceptors (Lipinski definition) is 5. The molecule has 0 aliphatic rings. The highest BCUT2D eigenvalue weighted by atomic mass is 32.2. The summed E-state index contributed by atoms with van der Waals surface area (Å²) in [5.74, 6) is -1.05. The van der Waals surface area contributed by atoms with E-state index in [-0.39, 0.29) is 18.4 Å². The zero-order valence-electron chi connectivity index (χ0n) is 22.9. The smallest absolute Gasteiger partial charge is 0.331 e. The van der Waals surface area contributed by atoms with Gasteiger partial charge in [-0.3, -0.25) is 4.79 Å². The zero-order valence-corrected chi connectivity index (χ0v) is 24.7. The Labute approximate surface area is 245 Å². The summed E-state index contributed by atoms with van der Waals surface area (Å²) in [5, 5.41) is 11.0. The van der Waals surface area contributed by atoms with E-state index in [1.54, 1.807) is 18.2 Å². The van der Waals surface area contributed by atoms with E-state index in [1.807, 2.05) is 98.1 Å². The summed E-state index contributed by atoms with van der Waals surface area (Å²) >= 11 is 1.51. The molecule has 8 heteroatoms. The van der Waals surface area contributed by atoms with E-state index in [4.69, 9.17) is 0 Å². The lowest BCUT2D eigenvalue weighted by Gasteiger charge is -2.29. The summed E-state index contributed by atoms with van der Waals surface area (Å²) < 4.78 is 26.7. The number of benzene rings is 4. The number of carbonyl (C=O) groups excluding carboxylic acids is 1. The van der Waals surface area contributed by atoms with E-state index >= 15 is 0 Å². The molecule has 0 aromatic heterocycles. The molecule has 0 aliphatic heterocycles. The second kappa shape index (κ2) is 13.6. The van der Waals surface area contributed by atoms with Crippen LogP contribution in [0.15, 0.2) is 103 Å². The molecule has 1 unspecified atom stereocenters. The van der Waals surface area contributed by atoms with Crippen molar-refractivity contribution in [1.82, 2.24) is 5.32 Å². The summed E-state index contributed by atoms with van der Waals surface area (Å²) in [6.45, 7) is 1.92. The Hall–Kier alpha value is -3.93. The van der Waals surface area contributed by atoms with Crippen LogP contribution >= 0.6 is 19.4 Å². The van der Waals surface area contributed by atoms with Gasteiger partial charge in [-0.15, -0.1) is 0 Å². The Bertz CT molecular complexity index is 1580. The average Bonchev–Trinajstić information content (AvgIpc) is 2.98. The van der Waals surface area contributed by atoms with Gasteiger partial charge in [0.15, 0.2) is 0 Å². The second-order valence-electron chi connectivity index (χ2n) is 9.87. The molecule has 0 fully saturated rings. The van der Waals surface area contributed by atoms with E-state index < -0.39 is 30.8 Å². The molecule has 2 atom stereocenters. The van der Waals surface area contributed by atoms with Gasteiger partial charge >= 0.3 is 13.6 Å². The van der Waals surface area contributed by atoms with Crippen molar-refractivity contribution >= 4 is 31.3 Å². The SMILES string of the molecule is CSCC[C@H](NC(=O)c1ccc(C(Cc2ccccc2)(c2ccccc2)P(=O)=O)cc1-c1ccccc1C)C(=O)O. The molecule has 0 heterocycles. The Morgan fingerprint density at radius 3 is 2.10 bits per heavy atom. The summed E-state index contributed by atoms with van der Waals surface area (Å²) in [6, 6.07) is 30.1. The standard InChI is InChI=1S/C33H32NO5PS/c1-23-11-9-10-16-27(23)29-21-26(17-18-28(29)31(35)34-30(32(36)37)19-20-41-2)33(40(38)39,25-14-7-4-8-15-25)22-24-12-5-3-6-13-24/h3-18,21,30H,19-20,22H2,1-2H3,(H,34,35)(H,36,37)/t30-,33?/m0/s1. The monoisotopic (exact) mass is 585 g/mol. The molecular formula is C33H32NO5PS. The van der Waals surface area contributed by atoms with Crippen LogP contribution in [0.5, 0.6) is 0 Å². The van der Waals surface area contributed by atoms with Crippen molar-refractivity contribution < 1.29 is 23.8 Å². The molecule has 2 N–H and O–H groups in total. The summed E-state index contributed by atoms with van der Waals surface area (Å²) in [4.78, 5) is 25.5. The zero-order chi connectivity index (χ0) is 29.4. The molecule has 0 bridgehead atoms. The number of thioether (sulfide) groups is 1. The number of aryl methyl sites for hydroxylation is 1. The fourth-order valence-electron chi connectivity index (χ4n) is 5.08. The number of carboxylic acid groups (broad SMARTS) is 1. The number of rotatable bonds is 12. The summed E-state index contributed by atoms with van der Waals surface area (Å²) in [7, 11) is -3.05. The first-order valence-corrected chi connectivity index (χ1v) is 15.8. The second-order valence-corrected chi connectivity index (χ2v) is 12.1. The predicted molar refractivity (Wildman–Crippen MR) is 164 cm³/mol. The van der Waals surface area contributed by atoms with Crippen LogP contribution in [0.2, 0.25) is 0 Å². The topological polar surface area (TPSA) is 101 Å². The van der Waals surface area contributed by atoms with Crippen LogP contribution in [0.1, 0.15) is 39.0 Å². The third-order valence-electron chi connectivity index (χ3n) is 7.26. The van der Waals surface area contributed by atoms with Crippen LogP contribution in [-0.4, -0.2) is 35.0 Å². The average molecular weight is 586 g/mol. The lowest BCUT2D eigenvalue weighted by atomic mass is 9.82. The van der Waals surface area contributed by atoms with Crippen LogP contribution < -0.4 is 5.32 Å². The lowest BCUT2D eigenvalue weighted by Crippen LogP contribution is -2.41. The third kappa shape index (κ3) is 6.70. The molecular weight excluding hydrogens is 553 g/mol. The quantitative estimate of drug-likeness (QED) is 0.170. The van der Waals surface area contributed by atoms with Crippen molar-refractivity contribution in [2.75, 3.05) is 12.0 Å². The van der Waals surface area contributed by atoms with Gasteiger partial charge in [-0.05, 0) is 77.3 Å². The van der Waals surface area contributed by atoms with Crippen LogP contribution in [0.4, 0.5) is 0 Å². The number of amides is 1. The van der Waals surface area contributed by atoms with E-state index in [2.05, 4.69) is 5.32 Å². The van der Waals surface area contributed by atoms with Gasteiger partial charge in [-0.1, -0.05) is 91.0 Å². The highest BCUT2D eigenvalue weighted by Gasteiger charge is 2.41. The normalized spacial score (nSPS) is 13.1. The van der Waals surface area contributed by atoms with Gasteiger partial charge in [0.2, 0.25) is 0 Å². The predicted octanol–water partition coefficient (Wildman–Crippen LogP) is 7.26. The maximum Gasteiger partial charge on any atom is 0.331 e. The first kappa shape index (κ1) is 30.0. The van der Waals surface area contributed by atoms with E-state index in [0.29, 0.717) is 22.4 Å². The molecule has 4 aromatic rings. The molecule has 0 saturated heterocycles. The number of nitrogens with one attached hydrogen (secondary N) is 1. The van der Waals surface area contributed by atoms with Crippen molar-refractivity contribution in [2.24, 2.45) is 0 Å². The Morgan fingerprint density at radius 1 is 0.854 bits per heavy atom. The van der Waals surface area contributed by atoms with E-state index in [0.717, 1.165) is 16.7 Å². The lowest BCUT2D eigenvalue weighted by molar-refractivity contribution is -0.139. The molecule has 4 aromatic carbocycles. The highest BCUT2D eigenvalue weighted by molar-refractivity contribution is 7.98. The van der Waals surface area contributed by atoms with Crippen molar-refractivity contribution in [1.29, 1.82) is 0 Å².